The number of halogens is 3. The zero-order valence-electron chi connectivity index (χ0n) is 15.1. The first kappa shape index (κ1) is 18.7. The van der Waals surface area contributed by atoms with E-state index in [-0.39, 0.29) is 48.6 Å². The third-order valence-electron chi connectivity index (χ3n) is 5.95. The monoisotopic (exact) mass is 392 g/mol. The minimum Gasteiger partial charge on any atom is -0.340 e. The summed E-state index contributed by atoms with van der Waals surface area (Å²) in [5, 5.41) is 0. The lowest BCUT2D eigenvalue weighted by Gasteiger charge is -2.22. The minimum absolute atomic E-state index is 0.0430. The number of nitrogens with zero attached hydrogens (tertiary/aromatic N) is 2. The van der Waals surface area contributed by atoms with Crippen LogP contribution in [-0.4, -0.2) is 41.1 Å². The summed E-state index contributed by atoms with van der Waals surface area (Å²) in [4.78, 5) is 40.0. The zero-order valence-corrected chi connectivity index (χ0v) is 15.1. The summed E-state index contributed by atoms with van der Waals surface area (Å²) in [6, 6.07) is 4.74. The van der Waals surface area contributed by atoms with Crippen molar-refractivity contribution in [3.8, 4) is 0 Å². The molecule has 2 fully saturated rings. The molecule has 1 heterocycles. The zero-order chi connectivity index (χ0) is 20.2. The number of likely N-dealkylation sites (tertiary alicyclic amines) is 1. The second-order valence-corrected chi connectivity index (χ2v) is 7.71. The Labute approximate surface area is 159 Å². The van der Waals surface area contributed by atoms with E-state index in [0.717, 1.165) is 23.5 Å². The predicted molar refractivity (Wildman–Crippen MR) is 92.4 cm³/mol. The number of hydrogen-bond donors (Lipinski definition) is 0. The number of hydrogen-bond acceptors (Lipinski definition) is 3. The van der Waals surface area contributed by atoms with Crippen LogP contribution in [0.2, 0.25) is 0 Å². The molecule has 3 amide bonds. The smallest absolute Gasteiger partial charge is 0.340 e. The van der Waals surface area contributed by atoms with E-state index >= 15 is 0 Å². The lowest BCUT2D eigenvalue weighted by atomic mass is 9.85. The van der Waals surface area contributed by atoms with Crippen LogP contribution in [0.5, 0.6) is 0 Å². The summed E-state index contributed by atoms with van der Waals surface area (Å²) in [5.41, 5.74) is -0.463. The molecule has 2 aliphatic carbocycles. The number of alkyl halides is 3. The van der Waals surface area contributed by atoms with Crippen molar-refractivity contribution >= 4 is 17.7 Å². The quantitative estimate of drug-likeness (QED) is 0.584. The van der Waals surface area contributed by atoms with Crippen molar-refractivity contribution in [2.75, 3.05) is 13.6 Å². The fraction of sp³-hybridized carbons (Fsp3) is 0.450. The Morgan fingerprint density at radius 3 is 2.32 bits per heavy atom. The van der Waals surface area contributed by atoms with E-state index in [2.05, 4.69) is 0 Å². The summed E-state index contributed by atoms with van der Waals surface area (Å²) in [5.74, 6) is -1.73. The molecule has 1 saturated carbocycles. The Kier molecular flexibility index (Phi) is 4.32. The van der Waals surface area contributed by atoms with Crippen LogP contribution >= 0.6 is 0 Å². The molecule has 2 bridgehead atoms. The van der Waals surface area contributed by atoms with Gasteiger partial charge in [-0.1, -0.05) is 24.3 Å². The fourth-order valence-corrected chi connectivity index (χ4v) is 4.58. The summed E-state index contributed by atoms with van der Waals surface area (Å²) in [6.07, 6.45) is 0.298. The van der Waals surface area contributed by atoms with Crippen LogP contribution < -0.4 is 0 Å². The molecule has 28 heavy (non-hydrogen) atoms. The number of imide groups is 1. The fourth-order valence-electron chi connectivity index (χ4n) is 4.58. The van der Waals surface area contributed by atoms with Crippen molar-refractivity contribution in [1.29, 1.82) is 0 Å². The van der Waals surface area contributed by atoms with Gasteiger partial charge in [0.2, 0.25) is 17.7 Å². The maximum Gasteiger partial charge on any atom is 0.416 e. The van der Waals surface area contributed by atoms with Gasteiger partial charge in [0.25, 0.3) is 0 Å². The van der Waals surface area contributed by atoms with Gasteiger partial charge in [-0.3, -0.25) is 19.3 Å². The van der Waals surface area contributed by atoms with Gasteiger partial charge in [-0.15, -0.1) is 0 Å². The standard InChI is InChI=1S/C20H19F3N2O3/c1-24(9-11-3-2-4-14(7-11)20(21,22)23)15(26)10-25-18(27)16-12-5-6-13(8-12)17(16)19(25)28/h2-7,12-13,16-17H,8-10H2,1H3. The second-order valence-electron chi connectivity index (χ2n) is 7.71. The normalized spacial score (nSPS) is 28.2. The molecule has 4 atom stereocenters. The third kappa shape index (κ3) is 3.00. The summed E-state index contributed by atoms with van der Waals surface area (Å²) >= 11 is 0. The van der Waals surface area contributed by atoms with Crippen LogP contribution in [0.4, 0.5) is 13.2 Å². The molecule has 0 aromatic heterocycles. The van der Waals surface area contributed by atoms with Crippen LogP contribution in [-0.2, 0) is 27.1 Å². The van der Waals surface area contributed by atoms with Crippen LogP contribution in [0.1, 0.15) is 17.5 Å². The number of amides is 3. The Balaban J connectivity index is 1.42. The maximum absolute atomic E-state index is 12.8. The van der Waals surface area contributed by atoms with Gasteiger partial charge >= 0.3 is 6.18 Å². The van der Waals surface area contributed by atoms with Crippen molar-refractivity contribution in [3.63, 3.8) is 0 Å². The molecule has 148 valence electrons. The molecule has 0 radical (unpaired) electrons. The molecular weight excluding hydrogens is 373 g/mol. The number of rotatable bonds is 4. The highest BCUT2D eigenvalue weighted by molar-refractivity contribution is 6.08. The summed E-state index contributed by atoms with van der Waals surface area (Å²) in [7, 11) is 1.44. The highest BCUT2D eigenvalue weighted by Gasteiger charge is 2.59. The number of carbonyl (C=O) groups excluding carboxylic acids is 3. The van der Waals surface area contributed by atoms with Gasteiger partial charge in [-0.05, 0) is 36.0 Å². The first-order valence-corrected chi connectivity index (χ1v) is 9.10. The van der Waals surface area contributed by atoms with Gasteiger partial charge in [0.05, 0.1) is 17.4 Å². The molecule has 1 saturated heterocycles. The average molecular weight is 392 g/mol. The molecule has 3 aliphatic rings. The molecule has 5 nitrogen and oxygen atoms in total. The minimum atomic E-state index is -4.46. The molecule has 1 aromatic rings. The number of allylic oxidation sites excluding steroid dienone is 2. The van der Waals surface area contributed by atoms with Crippen molar-refractivity contribution < 1.29 is 27.6 Å². The van der Waals surface area contributed by atoms with E-state index in [1.807, 2.05) is 12.2 Å². The summed E-state index contributed by atoms with van der Waals surface area (Å²) < 4.78 is 38.5. The number of benzene rings is 1. The van der Waals surface area contributed by atoms with Crippen molar-refractivity contribution in [3.05, 3.63) is 47.5 Å². The first-order chi connectivity index (χ1) is 13.2. The van der Waals surface area contributed by atoms with E-state index < -0.39 is 17.6 Å². The second kappa shape index (κ2) is 6.46. The van der Waals surface area contributed by atoms with Crippen LogP contribution in [0.15, 0.2) is 36.4 Å². The van der Waals surface area contributed by atoms with E-state index in [1.165, 1.54) is 24.1 Å². The molecule has 0 N–H and O–H groups in total. The lowest BCUT2D eigenvalue weighted by Crippen LogP contribution is -2.42. The van der Waals surface area contributed by atoms with Gasteiger partial charge in [0.15, 0.2) is 0 Å². The molecule has 4 rings (SSSR count). The molecule has 8 heteroatoms. The Hall–Kier alpha value is -2.64. The van der Waals surface area contributed by atoms with Gasteiger partial charge in [0, 0.05) is 13.6 Å². The maximum atomic E-state index is 12.8. The highest BCUT2D eigenvalue weighted by Crippen LogP contribution is 2.52. The van der Waals surface area contributed by atoms with Gasteiger partial charge in [-0.2, -0.15) is 13.2 Å². The Bertz CT molecular complexity index is 850. The molecule has 1 aliphatic heterocycles. The molecular formula is C20H19F3N2O3. The van der Waals surface area contributed by atoms with Crippen molar-refractivity contribution in [2.45, 2.75) is 19.1 Å². The number of carbonyl (C=O) groups is 3. The van der Waals surface area contributed by atoms with E-state index in [9.17, 15) is 27.6 Å². The van der Waals surface area contributed by atoms with Gasteiger partial charge in [0.1, 0.15) is 6.54 Å². The first-order valence-electron chi connectivity index (χ1n) is 9.10. The van der Waals surface area contributed by atoms with Crippen molar-refractivity contribution in [2.24, 2.45) is 23.7 Å². The molecule has 1 aromatic carbocycles. The van der Waals surface area contributed by atoms with Gasteiger partial charge in [-0.25, -0.2) is 0 Å². The number of likely N-dealkylation sites (N-methyl/N-ethyl adjacent to an activating group) is 1. The van der Waals surface area contributed by atoms with Crippen LogP contribution in [0.3, 0.4) is 0 Å². The predicted octanol–water partition coefficient (Wildman–Crippen LogP) is 2.47. The molecule has 0 spiro atoms. The average Bonchev–Trinajstić information content (AvgIpc) is 3.31. The van der Waals surface area contributed by atoms with Crippen molar-refractivity contribution in [1.82, 2.24) is 9.80 Å². The SMILES string of the molecule is CN(Cc1cccc(C(F)(F)F)c1)C(=O)CN1C(=O)C2C3C=CC(C3)C2C1=O. The lowest BCUT2D eigenvalue weighted by molar-refractivity contribution is -0.147. The number of fused-ring (bicyclic) bond motifs is 5. The third-order valence-corrected chi connectivity index (χ3v) is 5.95. The Morgan fingerprint density at radius 1 is 1.14 bits per heavy atom. The van der Waals surface area contributed by atoms with Crippen LogP contribution in [0.25, 0.3) is 0 Å². The van der Waals surface area contributed by atoms with E-state index in [0.29, 0.717) is 5.56 Å². The highest BCUT2D eigenvalue weighted by atomic mass is 19.4. The van der Waals surface area contributed by atoms with E-state index in [4.69, 9.17) is 0 Å². The summed E-state index contributed by atoms with van der Waals surface area (Å²) in [6.45, 7) is -0.418. The topological polar surface area (TPSA) is 57.7 Å². The van der Waals surface area contributed by atoms with Gasteiger partial charge < -0.3 is 4.90 Å². The molecule has 4 unspecified atom stereocenters. The van der Waals surface area contributed by atoms with Crippen LogP contribution in [0, 0.1) is 23.7 Å². The largest absolute Gasteiger partial charge is 0.416 e. The van der Waals surface area contributed by atoms with E-state index in [1.54, 1.807) is 0 Å². The Morgan fingerprint density at radius 2 is 1.75 bits per heavy atom.